The van der Waals surface area contributed by atoms with Crippen LogP contribution in [0.2, 0.25) is 0 Å². The summed E-state index contributed by atoms with van der Waals surface area (Å²) in [5, 5.41) is 3.37. The van der Waals surface area contributed by atoms with Crippen molar-refractivity contribution in [1.29, 1.82) is 0 Å². The van der Waals surface area contributed by atoms with E-state index in [-0.39, 0.29) is 6.04 Å². The number of fused-ring (bicyclic) bond motifs is 1. The highest BCUT2D eigenvalue weighted by molar-refractivity contribution is 5.48. The second kappa shape index (κ2) is 4.57. The quantitative estimate of drug-likeness (QED) is 0.811. The third-order valence-corrected chi connectivity index (χ3v) is 2.67. The Bertz CT molecular complexity index is 341. The number of ether oxygens (including phenoxy) is 1. The molecule has 1 aromatic rings. The molecule has 4 nitrogen and oxygen atoms in total. The van der Waals surface area contributed by atoms with Crippen molar-refractivity contribution in [2.45, 2.75) is 32.2 Å². The second-order valence-corrected chi connectivity index (χ2v) is 4.00. The maximum atomic E-state index is 5.09. The van der Waals surface area contributed by atoms with Gasteiger partial charge in [0.05, 0.1) is 6.61 Å². The lowest BCUT2D eigenvalue weighted by Crippen LogP contribution is -2.22. The number of nitrogens with one attached hydrogen (secondary N) is 1. The first-order chi connectivity index (χ1) is 7.31. The van der Waals surface area contributed by atoms with E-state index in [1.807, 2.05) is 0 Å². The maximum Gasteiger partial charge on any atom is 0.133 e. The van der Waals surface area contributed by atoms with Gasteiger partial charge in [0.1, 0.15) is 12.1 Å². The molecule has 15 heavy (non-hydrogen) atoms. The Kier molecular flexibility index (Phi) is 3.16. The number of hydrogen-bond donors (Lipinski definition) is 1. The lowest BCUT2D eigenvalue weighted by molar-refractivity contribution is 0.190. The lowest BCUT2D eigenvalue weighted by Gasteiger charge is -2.15. The fourth-order valence-electron chi connectivity index (χ4n) is 2.01. The second-order valence-electron chi connectivity index (χ2n) is 4.00. The molecule has 0 saturated heterocycles. The minimum atomic E-state index is 0.287. The fourth-order valence-corrected chi connectivity index (χ4v) is 2.01. The molecule has 82 valence electrons. The molecule has 1 N–H and O–H groups in total. The zero-order valence-electron chi connectivity index (χ0n) is 9.29. The molecule has 0 bridgehead atoms. The molecule has 1 heterocycles. The fraction of sp³-hybridized carbons (Fsp3) is 0.636. The molecule has 0 saturated carbocycles. The number of aromatic nitrogens is 2. The van der Waals surface area contributed by atoms with E-state index in [1.54, 1.807) is 13.4 Å². The molecule has 0 aromatic carbocycles. The highest BCUT2D eigenvalue weighted by Crippen LogP contribution is 2.25. The Labute approximate surface area is 90.1 Å². The highest BCUT2D eigenvalue weighted by atomic mass is 16.5. The molecule has 1 unspecified atom stereocenters. The minimum Gasteiger partial charge on any atom is -0.383 e. The summed E-state index contributed by atoms with van der Waals surface area (Å²) < 4.78 is 5.09. The zero-order chi connectivity index (χ0) is 10.7. The average molecular weight is 207 g/mol. The normalized spacial score (nSPS) is 16.1. The van der Waals surface area contributed by atoms with E-state index in [4.69, 9.17) is 4.74 Å². The first kappa shape index (κ1) is 10.4. The standard InChI is InChI=1S/C11H17N3O/c1-8(6-15-2)14-11-9-4-3-5-10(9)12-7-13-11/h7-8H,3-6H2,1-2H3,(H,12,13,14). The van der Waals surface area contributed by atoms with Crippen molar-refractivity contribution in [1.82, 2.24) is 9.97 Å². The van der Waals surface area contributed by atoms with E-state index in [1.165, 1.54) is 17.7 Å². The number of nitrogens with zero attached hydrogens (tertiary/aromatic N) is 2. The first-order valence-electron chi connectivity index (χ1n) is 5.39. The predicted octanol–water partition coefficient (Wildman–Crippen LogP) is 1.41. The Morgan fingerprint density at radius 3 is 3.13 bits per heavy atom. The Hall–Kier alpha value is -1.16. The number of rotatable bonds is 4. The Morgan fingerprint density at radius 1 is 1.47 bits per heavy atom. The molecule has 1 aromatic heterocycles. The van der Waals surface area contributed by atoms with Crippen LogP contribution in [0.4, 0.5) is 5.82 Å². The van der Waals surface area contributed by atoms with Gasteiger partial charge in [-0.1, -0.05) is 0 Å². The van der Waals surface area contributed by atoms with Gasteiger partial charge in [-0.05, 0) is 26.2 Å². The molecule has 0 spiro atoms. The zero-order valence-corrected chi connectivity index (χ0v) is 9.29. The van der Waals surface area contributed by atoms with Crippen molar-refractivity contribution in [3.05, 3.63) is 17.6 Å². The van der Waals surface area contributed by atoms with E-state index in [0.717, 1.165) is 18.7 Å². The van der Waals surface area contributed by atoms with E-state index in [0.29, 0.717) is 6.61 Å². The van der Waals surface area contributed by atoms with Crippen LogP contribution in [0.1, 0.15) is 24.6 Å². The van der Waals surface area contributed by atoms with Crippen molar-refractivity contribution in [3.8, 4) is 0 Å². The molecule has 1 aliphatic carbocycles. The summed E-state index contributed by atoms with van der Waals surface area (Å²) in [5.74, 6) is 0.988. The smallest absolute Gasteiger partial charge is 0.133 e. The number of methoxy groups -OCH3 is 1. The van der Waals surface area contributed by atoms with Crippen LogP contribution in [0.3, 0.4) is 0 Å². The van der Waals surface area contributed by atoms with E-state index in [9.17, 15) is 0 Å². The summed E-state index contributed by atoms with van der Waals surface area (Å²) in [6, 6.07) is 0.287. The van der Waals surface area contributed by atoms with Gasteiger partial charge in [-0.15, -0.1) is 0 Å². The summed E-state index contributed by atoms with van der Waals surface area (Å²) in [5.41, 5.74) is 2.50. The van der Waals surface area contributed by atoms with Crippen molar-refractivity contribution in [2.24, 2.45) is 0 Å². The van der Waals surface area contributed by atoms with Gasteiger partial charge in [0, 0.05) is 24.4 Å². The summed E-state index contributed by atoms with van der Waals surface area (Å²) >= 11 is 0. The largest absolute Gasteiger partial charge is 0.383 e. The summed E-state index contributed by atoms with van der Waals surface area (Å²) in [6.45, 7) is 2.78. The number of anilines is 1. The molecule has 0 radical (unpaired) electrons. The van der Waals surface area contributed by atoms with Gasteiger partial charge in [-0.25, -0.2) is 9.97 Å². The van der Waals surface area contributed by atoms with Crippen LogP contribution in [-0.4, -0.2) is 29.7 Å². The third kappa shape index (κ3) is 2.26. The van der Waals surface area contributed by atoms with Crippen molar-refractivity contribution >= 4 is 5.82 Å². The van der Waals surface area contributed by atoms with E-state index < -0.39 is 0 Å². The van der Waals surface area contributed by atoms with Crippen LogP contribution in [0, 0.1) is 0 Å². The van der Waals surface area contributed by atoms with Crippen LogP contribution in [0.5, 0.6) is 0 Å². The van der Waals surface area contributed by atoms with E-state index in [2.05, 4.69) is 22.2 Å². The minimum absolute atomic E-state index is 0.287. The molecule has 4 heteroatoms. The molecular formula is C11H17N3O. The number of hydrogen-bond acceptors (Lipinski definition) is 4. The van der Waals surface area contributed by atoms with Gasteiger partial charge < -0.3 is 10.1 Å². The Balaban J connectivity index is 2.11. The molecule has 0 fully saturated rings. The van der Waals surface area contributed by atoms with Crippen molar-refractivity contribution in [2.75, 3.05) is 19.0 Å². The van der Waals surface area contributed by atoms with Crippen LogP contribution in [0.15, 0.2) is 6.33 Å². The van der Waals surface area contributed by atoms with Crippen LogP contribution >= 0.6 is 0 Å². The molecule has 1 aliphatic rings. The summed E-state index contributed by atoms with van der Waals surface area (Å²) in [4.78, 5) is 8.59. The predicted molar refractivity (Wildman–Crippen MR) is 59.0 cm³/mol. The SMILES string of the molecule is COCC(C)Nc1ncnc2c1CCC2. The van der Waals surface area contributed by atoms with Crippen molar-refractivity contribution in [3.63, 3.8) is 0 Å². The number of aryl methyl sites for hydroxylation is 1. The highest BCUT2D eigenvalue weighted by Gasteiger charge is 2.17. The maximum absolute atomic E-state index is 5.09. The van der Waals surface area contributed by atoms with Crippen LogP contribution in [-0.2, 0) is 17.6 Å². The lowest BCUT2D eigenvalue weighted by atomic mass is 10.2. The molecular weight excluding hydrogens is 190 g/mol. The summed E-state index contributed by atoms with van der Waals surface area (Å²) in [7, 11) is 1.71. The van der Waals surface area contributed by atoms with Gasteiger partial charge in [0.15, 0.2) is 0 Å². The van der Waals surface area contributed by atoms with Gasteiger partial charge >= 0.3 is 0 Å². The molecule has 0 amide bonds. The third-order valence-electron chi connectivity index (χ3n) is 2.67. The van der Waals surface area contributed by atoms with Gasteiger partial charge in [0.25, 0.3) is 0 Å². The Morgan fingerprint density at radius 2 is 2.33 bits per heavy atom. The monoisotopic (exact) mass is 207 g/mol. The first-order valence-corrected chi connectivity index (χ1v) is 5.39. The summed E-state index contributed by atoms with van der Waals surface area (Å²) in [6.07, 6.45) is 5.02. The molecule has 0 aliphatic heterocycles. The van der Waals surface area contributed by atoms with Crippen LogP contribution in [0.25, 0.3) is 0 Å². The van der Waals surface area contributed by atoms with Crippen LogP contribution < -0.4 is 5.32 Å². The van der Waals surface area contributed by atoms with Crippen molar-refractivity contribution < 1.29 is 4.74 Å². The molecule has 2 rings (SSSR count). The van der Waals surface area contributed by atoms with Gasteiger partial charge in [-0.2, -0.15) is 0 Å². The van der Waals surface area contributed by atoms with Gasteiger partial charge in [-0.3, -0.25) is 0 Å². The average Bonchev–Trinajstić information content (AvgIpc) is 2.67. The molecule has 1 atom stereocenters. The topological polar surface area (TPSA) is 47.0 Å². The van der Waals surface area contributed by atoms with Gasteiger partial charge in [0.2, 0.25) is 0 Å². The van der Waals surface area contributed by atoms with E-state index >= 15 is 0 Å².